The highest BCUT2D eigenvalue weighted by Crippen LogP contribution is 2.54. The number of halogens is 3. The highest BCUT2D eigenvalue weighted by Gasteiger charge is 2.54. The normalized spacial score (nSPS) is 24.8. The van der Waals surface area contributed by atoms with E-state index in [0.29, 0.717) is 55.3 Å². The van der Waals surface area contributed by atoms with Crippen LogP contribution in [0.4, 0.5) is 8.78 Å². The second kappa shape index (κ2) is 10.0. The molecule has 2 saturated heterocycles. The summed E-state index contributed by atoms with van der Waals surface area (Å²) < 4.78 is 35.3. The van der Waals surface area contributed by atoms with E-state index in [1.54, 1.807) is 0 Å². The summed E-state index contributed by atoms with van der Waals surface area (Å²) in [5.41, 5.74) is 1.02. The van der Waals surface area contributed by atoms with Crippen molar-refractivity contribution in [3.8, 4) is 6.07 Å². The molecule has 3 aliphatic rings. The molecular weight excluding hydrogens is 534 g/mol. The fraction of sp³-hybridized carbons (Fsp3) is 0.581. The second-order valence-electron chi connectivity index (χ2n) is 13.1. The summed E-state index contributed by atoms with van der Waals surface area (Å²) in [6.07, 6.45) is 0.577. The zero-order valence-corrected chi connectivity index (χ0v) is 24.8. The third-order valence-electron chi connectivity index (χ3n) is 9.01. The fourth-order valence-electron chi connectivity index (χ4n) is 6.50. The number of likely N-dealkylation sites (tertiary alicyclic amines) is 2. The van der Waals surface area contributed by atoms with Gasteiger partial charge in [-0.05, 0) is 72.1 Å². The van der Waals surface area contributed by atoms with Gasteiger partial charge in [-0.25, -0.2) is 8.78 Å². The minimum atomic E-state index is -0.793. The average molecular weight is 571 g/mol. The van der Waals surface area contributed by atoms with Crippen molar-refractivity contribution in [2.75, 3.05) is 26.2 Å². The number of ether oxygens (including phenoxy) is 1. The van der Waals surface area contributed by atoms with Gasteiger partial charge in [0.25, 0.3) is 0 Å². The molecule has 1 aromatic heterocycles. The molecule has 0 radical (unpaired) electrons. The monoisotopic (exact) mass is 570 g/mol. The van der Waals surface area contributed by atoms with Crippen LogP contribution in [0.25, 0.3) is 0 Å². The van der Waals surface area contributed by atoms with Crippen molar-refractivity contribution in [3.63, 3.8) is 0 Å². The van der Waals surface area contributed by atoms with E-state index in [1.165, 1.54) is 12.1 Å². The van der Waals surface area contributed by atoms with Gasteiger partial charge in [-0.3, -0.25) is 14.7 Å². The van der Waals surface area contributed by atoms with E-state index >= 15 is 0 Å². The highest BCUT2D eigenvalue weighted by atomic mass is 35.5. The van der Waals surface area contributed by atoms with E-state index in [2.05, 4.69) is 31.7 Å². The van der Waals surface area contributed by atoms with Gasteiger partial charge in [-0.1, -0.05) is 17.7 Å². The summed E-state index contributed by atoms with van der Waals surface area (Å²) >= 11 is 6.44. The van der Waals surface area contributed by atoms with Crippen LogP contribution in [0.1, 0.15) is 82.0 Å². The van der Waals surface area contributed by atoms with Crippen molar-refractivity contribution >= 4 is 17.5 Å². The van der Waals surface area contributed by atoms with Gasteiger partial charge in [-0.15, -0.1) is 0 Å². The van der Waals surface area contributed by atoms with Gasteiger partial charge in [0.15, 0.2) is 0 Å². The number of benzene rings is 1. The Bertz CT molecular complexity index is 1370. The van der Waals surface area contributed by atoms with Crippen LogP contribution in [0.3, 0.4) is 0 Å². The summed E-state index contributed by atoms with van der Waals surface area (Å²) in [6.45, 7) is 13.7. The van der Waals surface area contributed by atoms with Crippen molar-refractivity contribution in [3.05, 3.63) is 63.4 Å². The summed E-state index contributed by atoms with van der Waals surface area (Å²) in [4.78, 5) is 22.9. The molecule has 9 heteroatoms. The lowest BCUT2D eigenvalue weighted by Gasteiger charge is -2.41. The number of nitrogens with zero attached hydrogens (tertiary/aromatic N) is 4. The molecular formula is C31H37ClF2N4O2. The average Bonchev–Trinajstić information content (AvgIpc) is 3.46. The smallest absolute Gasteiger partial charge is 0.227 e. The van der Waals surface area contributed by atoms with Crippen molar-refractivity contribution in [2.24, 2.45) is 11.3 Å². The van der Waals surface area contributed by atoms with Gasteiger partial charge >= 0.3 is 0 Å². The van der Waals surface area contributed by atoms with Crippen LogP contribution in [-0.2, 0) is 15.1 Å². The predicted octanol–water partition coefficient (Wildman–Crippen LogP) is 6.27. The lowest BCUT2D eigenvalue weighted by atomic mass is 9.82. The molecule has 3 atom stereocenters. The van der Waals surface area contributed by atoms with E-state index < -0.39 is 34.7 Å². The highest BCUT2D eigenvalue weighted by molar-refractivity contribution is 6.31. The number of fused-ring (bicyclic) bond motifs is 2. The molecule has 0 aliphatic carbocycles. The van der Waals surface area contributed by atoms with Crippen molar-refractivity contribution in [1.29, 1.82) is 5.26 Å². The first kappa shape index (κ1) is 28.9. The van der Waals surface area contributed by atoms with Crippen LogP contribution in [0.15, 0.2) is 24.3 Å². The number of amides is 1. The van der Waals surface area contributed by atoms with Gasteiger partial charge in [0.2, 0.25) is 5.91 Å². The SMILES string of the molecule is Cc1nc2c(cc1Cl)C(C(C)(C)C#N)OC21CCN(C(=O)C2CN(C(C)(C)C)C[C@H]2c2ccc(F)cc2F)CC1. The van der Waals surface area contributed by atoms with E-state index in [9.17, 15) is 18.8 Å². The molecule has 2 unspecified atom stereocenters. The minimum Gasteiger partial charge on any atom is -0.359 e. The molecule has 2 fully saturated rings. The van der Waals surface area contributed by atoms with E-state index in [4.69, 9.17) is 21.3 Å². The molecule has 214 valence electrons. The van der Waals surface area contributed by atoms with Crippen molar-refractivity contribution in [1.82, 2.24) is 14.8 Å². The Morgan fingerprint density at radius 1 is 1.12 bits per heavy atom. The van der Waals surface area contributed by atoms with Crippen LogP contribution in [0, 0.1) is 41.2 Å². The Labute approximate surface area is 240 Å². The molecule has 0 N–H and O–H groups in total. The maximum Gasteiger partial charge on any atom is 0.227 e. The molecule has 1 aromatic carbocycles. The standard InChI is InChI=1S/C31H37ClF2N4O2/c1-18-24(32)14-21-26(36-18)31(40-27(21)30(5,6)17-35)9-11-37(12-10-31)28(39)23-16-38(29(2,3)4)15-22(23)20-8-7-19(33)13-25(20)34/h7-8,13-14,22-23,27H,9-12,15-16H2,1-6H3/t22-,23?,27?/m0/s1. The quantitative estimate of drug-likeness (QED) is 0.435. The lowest BCUT2D eigenvalue weighted by Crippen LogP contribution is -2.49. The van der Waals surface area contributed by atoms with Crippen LogP contribution in [0.5, 0.6) is 0 Å². The summed E-state index contributed by atoms with van der Waals surface area (Å²) in [7, 11) is 0. The fourth-order valence-corrected chi connectivity index (χ4v) is 6.66. The largest absolute Gasteiger partial charge is 0.359 e. The molecule has 0 bridgehead atoms. The third-order valence-corrected chi connectivity index (χ3v) is 9.40. The first-order valence-corrected chi connectivity index (χ1v) is 14.3. The molecule has 6 nitrogen and oxygen atoms in total. The Balaban J connectivity index is 1.41. The summed E-state index contributed by atoms with van der Waals surface area (Å²) in [5.74, 6) is -2.09. The first-order valence-electron chi connectivity index (χ1n) is 13.9. The molecule has 0 saturated carbocycles. The first-order chi connectivity index (χ1) is 18.7. The second-order valence-corrected chi connectivity index (χ2v) is 13.5. The number of carbonyl (C=O) groups excluding carboxylic acids is 1. The third kappa shape index (κ3) is 4.91. The number of rotatable bonds is 3. The molecule has 1 spiro atoms. The molecule has 1 amide bonds. The van der Waals surface area contributed by atoms with Crippen LogP contribution < -0.4 is 0 Å². The number of hydrogen-bond acceptors (Lipinski definition) is 5. The Morgan fingerprint density at radius 3 is 2.40 bits per heavy atom. The molecule has 4 heterocycles. The molecule has 3 aliphatic heterocycles. The summed E-state index contributed by atoms with van der Waals surface area (Å²) in [6, 6.07) is 7.88. The Morgan fingerprint density at radius 2 is 1.80 bits per heavy atom. The maximum absolute atomic E-state index is 14.9. The molecule has 5 rings (SSSR count). The minimum absolute atomic E-state index is 0.0253. The van der Waals surface area contributed by atoms with Gasteiger partial charge in [-0.2, -0.15) is 5.26 Å². The van der Waals surface area contributed by atoms with E-state index in [-0.39, 0.29) is 17.4 Å². The molecule has 40 heavy (non-hydrogen) atoms. The number of pyridine rings is 1. The van der Waals surface area contributed by atoms with Crippen LogP contribution >= 0.6 is 11.6 Å². The number of hydrogen-bond donors (Lipinski definition) is 0. The molecule has 2 aromatic rings. The van der Waals surface area contributed by atoms with Gasteiger partial charge in [0, 0.05) is 49.3 Å². The van der Waals surface area contributed by atoms with E-state index in [0.717, 1.165) is 17.3 Å². The zero-order chi connectivity index (χ0) is 29.2. The Hall–Kier alpha value is -2.60. The summed E-state index contributed by atoms with van der Waals surface area (Å²) in [5, 5.41) is 10.4. The van der Waals surface area contributed by atoms with Crippen LogP contribution in [0.2, 0.25) is 5.02 Å². The van der Waals surface area contributed by atoms with Gasteiger partial charge < -0.3 is 9.64 Å². The Kier molecular flexibility index (Phi) is 7.26. The zero-order valence-electron chi connectivity index (χ0n) is 24.0. The number of aryl methyl sites for hydroxylation is 1. The number of piperidine rings is 1. The topological polar surface area (TPSA) is 69.5 Å². The lowest BCUT2D eigenvalue weighted by molar-refractivity contribution is -0.153. The number of nitriles is 1. The van der Waals surface area contributed by atoms with Crippen molar-refractivity contribution < 1.29 is 18.3 Å². The van der Waals surface area contributed by atoms with E-state index in [1.807, 2.05) is 31.7 Å². The van der Waals surface area contributed by atoms with Gasteiger partial charge in [0.1, 0.15) is 23.3 Å². The van der Waals surface area contributed by atoms with Crippen molar-refractivity contribution in [2.45, 2.75) is 77.5 Å². The predicted molar refractivity (Wildman–Crippen MR) is 149 cm³/mol. The number of aromatic nitrogens is 1. The number of carbonyl (C=O) groups is 1. The van der Waals surface area contributed by atoms with Gasteiger partial charge in [0.05, 0.1) is 33.8 Å². The van der Waals surface area contributed by atoms with Crippen LogP contribution in [-0.4, -0.2) is 52.4 Å². The maximum atomic E-state index is 14.9.